The van der Waals surface area contributed by atoms with Gasteiger partial charge in [0, 0.05) is 17.8 Å². The number of ether oxygens (including phenoxy) is 1. The quantitative estimate of drug-likeness (QED) is 0.811. The third-order valence-electron chi connectivity index (χ3n) is 3.51. The van der Waals surface area contributed by atoms with E-state index in [0.29, 0.717) is 18.0 Å². The predicted molar refractivity (Wildman–Crippen MR) is 93.8 cm³/mol. The summed E-state index contributed by atoms with van der Waals surface area (Å²) in [6, 6.07) is 16.3. The van der Waals surface area contributed by atoms with Crippen molar-refractivity contribution in [1.82, 2.24) is 5.32 Å². The van der Waals surface area contributed by atoms with Crippen molar-refractivity contribution >= 4 is 17.5 Å². The minimum absolute atomic E-state index is 0.139. The summed E-state index contributed by atoms with van der Waals surface area (Å²) in [4.78, 5) is 23.4. The molecule has 2 rings (SSSR count). The Kier molecular flexibility index (Phi) is 6.55. The molecule has 0 spiro atoms. The number of amides is 2. The van der Waals surface area contributed by atoms with Gasteiger partial charge in [-0.2, -0.15) is 5.26 Å². The van der Waals surface area contributed by atoms with Crippen LogP contribution in [0, 0.1) is 11.3 Å². The molecule has 0 bridgehead atoms. The lowest BCUT2D eigenvalue weighted by Gasteiger charge is -2.09. The molecular weight excluding hydrogens is 318 g/mol. The molecule has 2 aromatic rings. The molecule has 0 aromatic heterocycles. The normalized spacial score (nSPS) is 9.76. The SMILES string of the molecule is COc1ccccc1CC(=O)Nc1ccc(CNC(=O)CC#N)cc1. The van der Waals surface area contributed by atoms with Gasteiger partial charge in [0.05, 0.1) is 19.6 Å². The topological polar surface area (TPSA) is 91.2 Å². The second-order valence-corrected chi connectivity index (χ2v) is 5.35. The molecule has 2 N–H and O–H groups in total. The van der Waals surface area contributed by atoms with Gasteiger partial charge in [-0.05, 0) is 23.8 Å². The number of benzene rings is 2. The summed E-state index contributed by atoms with van der Waals surface area (Å²) in [6.45, 7) is 0.343. The fourth-order valence-corrected chi connectivity index (χ4v) is 2.27. The van der Waals surface area contributed by atoms with Crippen molar-refractivity contribution in [1.29, 1.82) is 5.26 Å². The maximum Gasteiger partial charge on any atom is 0.234 e. The molecule has 0 atom stereocenters. The van der Waals surface area contributed by atoms with Crippen molar-refractivity contribution in [2.24, 2.45) is 0 Å². The molecular formula is C19H19N3O3. The van der Waals surface area contributed by atoms with Crippen molar-refractivity contribution in [3.8, 4) is 11.8 Å². The number of hydrogen-bond donors (Lipinski definition) is 2. The Morgan fingerprint density at radius 1 is 1.08 bits per heavy atom. The van der Waals surface area contributed by atoms with Crippen LogP contribution in [0.1, 0.15) is 17.5 Å². The van der Waals surface area contributed by atoms with Crippen molar-refractivity contribution in [3.05, 3.63) is 59.7 Å². The second kappa shape index (κ2) is 9.08. The van der Waals surface area contributed by atoms with E-state index in [1.54, 1.807) is 25.3 Å². The number of hydrogen-bond acceptors (Lipinski definition) is 4. The average molecular weight is 337 g/mol. The first-order valence-corrected chi connectivity index (χ1v) is 7.76. The number of nitrogens with zero attached hydrogens (tertiary/aromatic N) is 1. The molecule has 0 saturated heterocycles. The molecule has 0 saturated carbocycles. The van der Waals surface area contributed by atoms with E-state index in [0.717, 1.165) is 11.1 Å². The maximum atomic E-state index is 12.2. The molecule has 0 radical (unpaired) electrons. The highest BCUT2D eigenvalue weighted by molar-refractivity contribution is 5.92. The first kappa shape index (κ1) is 18.0. The first-order valence-electron chi connectivity index (χ1n) is 7.76. The van der Waals surface area contributed by atoms with E-state index in [1.165, 1.54) is 0 Å². The van der Waals surface area contributed by atoms with Crippen molar-refractivity contribution in [2.75, 3.05) is 12.4 Å². The standard InChI is InChI=1S/C19H19N3O3/c1-25-17-5-3-2-4-15(17)12-19(24)22-16-8-6-14(7-9-16)13-21-18(23)10-11-20/h2-9H,10,12-13H2,1H3,(H,21,23)(H,22,24). The zero-order valence-corrected chi connectivity index (χ0v) is 13.9. The molecule has 128 valence electrons. The van der Waals surface area contributed by atoms with E-state index in [9.17, 15) is 9.59 Å². The Bertz CT molecular complexity index is 779. The molecule has 0 aliphatic heterocycles. The molecule has 0 unspecified atom stereocenters. The fraction of sp³-hybridized carbons (Fsp3) is 0.211. The Labute approximate surface area is 146 Å². The van der Waals surface area contributed by atoms with E-state index < -0.39 is 0 Å². The van der Waals surface area contributed by atoms with E-state index >= 15 is 0 Å². The lowest BCUT2D eigenvalue weighted by molar-refractivity contribution is -0.120. The van der Waals surface area contributed by atoms with Crippen LogP contribution in [-0.4, -0.2) is 18.9 Å². The van der Waals surface area contributed by atoms with Crippen LogP contribution in [0.5, 0.6) is 5.75 Å². The van der Waals surface area contributed by atoms with Crippen LogP contribution in [0.4, 0.5) is 5.69 Å². The second-order valence-electron chi connectivity index (χ2n) is 5.35. The van der Waals surface area contributed by atoms with Gasteiger partial charge in [0.1, 0.15) is 12.2 Å². The fourth-order valence-electron chi connectivity index (χ4n) is 2.27. The number of nitriles is 1. The average Bonchev–Trinajstić information content (AvgIpc) is 2.62. The van der Waals surface area contributed by atoms with Gasteiger partial charge in [-0.1, -0.05) is 30.3 Å². The Morgan fingerprint density at radius 2 is 1.80 bits per heavy atom. The molecule has 2 aromatic carbocycles. The third-order valence-corrected chi connectivity index (χ3v) is 3.51. The zero-order valence-electron chi connectivity index (χ0n) is 13.9. The van der Waals surface area contributed by atoms with Crippen LogP contribution in [-0.2, 0) is 22.6 Å². The molecule has 25 heavy (non-hydrogen) atoms. The summed E-state index contributed by atoms with van der Waals surface area (Å²) < 4.78 is 5.24. The monoisotopic (exact) mass is 337 g/mol. The molecule has 2 amide bonds. The van der Waals surface area contributed by atoms with Crippen LogP contribution >= 0.6 is 0 Å². The van der Waals surface area contributed by atoms with Crippen LogP contribution in [0.15, 0.2) is 48.5 Å². The molecule has 0 fully saturated rings. The first-order chi connectivity index (χ1) is 12.1. The van der Waals surface area contributed by atoms with Crippen molar-refractivity contribution in [2.45, 2.75) is 19.4 Å². The molecule has 6 nitrogen and oxygen atoms in total. The van der Waals surface area contributed by atoms with Gasteiger partial charge in [0.25, 0.3) is 0 Å². The summed E-state index contributed by atoms with van der Waals surface area (Å²) in [6.07, 6.45) is 0.0626. The van der Waals surface area contributed by atoms with Crippen LogP contribution in [0.3, 0.4) is 0 Å². The third kappa shape index (κ3) is 5.66. The smallest absolute Gasteiger partial charge is 0.234 e. The van der Waals surface area contributed by atoms with Gasteiger partial charge < -0.3 is 15.4 Å². The highest BCUT2D eigenvalue weighted by Crippen LogP contribution is 2.18. The zero-order chi connectivity index (χ0) is 18.1. The minimum atomic E-state index is -0.309. The summed E-state index contributed by atoms with van der Waals surface area (Å²) in [7, 11) is 1.57. The van der Waals surface area contributed by atoms with E-state index in [1.807, 2.05) is 36.4 Å². The molecule has 0 aliphatic rings. The Balaban J connectivity index is 1.89. The lowest BCUT2D eigenvalue weighted by Crippen LogP contribution is -2.21. The van der Waals surface area contributed by atoms with E-state index in [2.05, 4.69) is 10.6 Å². The number of nitrogens with one attached hydrogen (secondary N) is 2. The number of anilines is 1. The van der Waals surface area contributed by atoms with Crippen LogP contribution in [0.25, 0.3) is 0 Å². The summed E-state index contributed by atoms with van der Waals surface area (Å²) in [5.74, 6) is 0.234. The Hall–Kier alpha value is -3.33. The van der Waals surface area contributed by atoms with Crippen LogP contribution < -0.4 is 15.4 Å². The molecule has 0 aliphatic carbocycles. The predicted octanol–water partition coefficient (Wildman–Crippen LogP) is 2.41. The Morgan fingerprint density at radius 3 is 2.48 bits per heavy atom. The van der Waals surface area contributed by atoms with Gasteiger partial charge in [-0.25, -0.2) is 0 Å². The molecule has 6 heteroatoms. The van der Waals surface area contributed by atoms with Crippen molar-refractivity contribution < 1.29 is 14.3 Å². The van der Waals surface area contributed by atoms with Crippen molar-refractivity contribution in [3.63, 3.8) is 0 Å². The van der Waals surface area contributed by atoms with Gasteiger partial charge in [-0.15, -0.1) is 0 Å². The van der Waals surface area contributed by atoms with Gasteiger partial charge in [-0.3, -0.25) is 9.59 Å². The molecule has 0 heterocycles. The number of carbonyl (C=O) groups excluding carboxylic acids is 2. The van der Waals surface area contributed by atoms with E-state index in [4.69, 9.17) is 10.00 Å². The largest absolute Gasteiger partial charge is 0.496 e. The summed E-state index contributed by atoms with van der Waals surface area (Å²) in [5.41, 5.74) is 2.38. The minimum Gasteiger partial charge on any atom is -0.496 e. The number of carbonyl (C=O) groups is 2. The number of para-hydroxylation sites is 1. The highest BCUT2D eigenvalue weighted by atomic mass is 16.5. The van der Waals surface area contributed by atoms with Crippen LogP contribution in [0.2, 0.25) is 0 Å². The van der Waals surface area contributed by atoms with E-state index in [-0.39, 0.29) is 24.7 Å². The number of rotatable bonds is 7. The number of methoxy groups -OCH3 is 1. The maximum absolute atomic E-state index is 12.2. The highest BCUT2D eigenvalue weighted by Gasteiger charge is 2.08. The van der Waals surface area contributed by atoms with Gasteiger partial charge in [0.15, 0.2) is 0 Å². The lowest BCUT2D eigenvalue weighted by atomic mass is 10.1. The summed E-state index contributed by atoms with van der Waals surface area (Å²) in [5, 5.41) is 13.9. The summed E-state index contributed by atoms with van der Waals surface area (Å²) >= 11 is 0. The van der Waals surface area contributed by atoms with Gasteiger partial charge >= 0.3 is 0 Å². The van der Waals surface area contributed by atoms with Gasteiger partial charge in [0.2, 0.25) is 11.8 Å².